The largest absolute Gasteiger partial charge is 0.465 e. The van der Waals surface area contributed by atoms with Gasteiger partial charge in [-0.25, -0.2) is 4.79 Å². The van der Waals surface area contributed by atoms with Gasteiger partial charge in [-0.15, -0.1) is 0 Å². The van der Waals surface area contributed by atoms with E-state index in [1.165, 1.54) is 4.90 Å². The average molecular weight is 264 g/mol. The molecule has 1 aromatic carbocycles. The Balaban J connectivity index is 2.00. The number of benzene rings is 1. The third kappa shape index (κ3) is 3.24. The van der Waals surface area contributed by atoms with E-state index < -0.39 is 6.09 Å². The van der Waals surface area contributed by atoms with Crippen LogP contribution in [0.3, 0.4) is 0 Å². The maximum atomic E-state index is 11.0. The number of carboxylic acid groups (broad SMARTS) is 1. The predicted octanol–water partition coefficient (Wildman–Crippen LogP) is 1.31. The Morgan fingerprint density at radius 2 is 2.11 bits per heavy atom. The lowest BCUT2D eigenvalue weighted by Crippen LogP contribution is -2.39. The standard InChI is InChI=1S/C14H20N2O3/c1-10(11-5-3-2-4-6-11)15-13-8-16(14(18)19)7-12(13)9-17/h2-6,10,12-13,15,17H,7-9H2,1H3,(H,18,19). The van der Waals surface area contributed by atoms with Crippen LogP contribution < -0.4 is 5.32 Å². The van der Waals surface area contributed by atoms with Gasteiger partial charge in [-0.2, -0.15) is 0 Å². The maximum Gasteiger partial charge on any atom is 0.407 e. The minimum absolute atomic E-state index is 0.00293. The number of aliphatic hydroxyl groups is 1. The van der Waals surface area contributed by atoms with Crippen molar-refractivity contribution in [2.24, 2.45) is 5.92 Å². The summed E-state index contributed by atoms with van der Waals surface area (Å²) in [5.74, 6) is -0.0396. The van der Waals surface area contributed by atoms with Gasteiger partial charge in [0.05, 0.1) is 0 Å². The van der Waals surface area contributed by atoms with Crippen LogP contribution in [-0.2, 0) is 0 Å². The van der Waals surface area contributed by atoms with Crippen molar-refractivity contribution < 1.29 is 15.0 Å². The van der Waals surface area contributed by atoms with Crippen LogP contribution in [0.5, 0.6) is 0 Å². The molecule has 0 bridgehead atoms. The van der Waals surface area contributed by atoms with E-state index in [4.69, 9.17) is 5.11 Å². The summed E-state index contributed by atoms with van der Waals surface area (Å²) in [6.07, 6.45) is -0.921. The summed E-state index contributed by atoms with van der Waals surface area (Å²) < 4.78 is 0. The lowest BCUT2D eigenvalue weighted by Gasteiger charge is -2.23. The van der Waals surface area contributed by atoms with Crippen molar-refractivity contribution in [1.29, 1.82) is 0 Å². The van der Waals surface area contributed by atoms with Gasteiger partial charge in [-0.3, -0.25) is 0 Å². The van der Waals surface area contributed by atoms with Crippen LogP contribution in [0.25, 0.3) is 0 Å². The van der Waals surface area contributed by atoms with Crippen LogP contribution in [0.1, 0.15) is 18.5 Å². The fourth-order valence-corrected chi connectivity index (χ4v) is 2.56. The van der Waals surface area contributed by atoms with Gasteiger partial charge in [-0.05, 0) is 12.5 Å². The number of hydrogen-bond donors (Lipinski definition) is 3. The summed E-state index contributed by atoms with van der Waals surface area (Å²) in [7, 11) is 0. The molecule has 0 saturated carbocycles. The van der Waals surface area contributed by atoms with E-state index in [9.17, 15) is 9.90 Å². The highest BCUT2D eigenvalue weighted by Crippen LogP contribution is 2.21. The summed E-state index contributed by atoms with van der Waals surface area (Å²) in [4.78, 5) is 12.3. The van der Waals surface area contributed by atoms with Gasteiger partial charge in [0, 0.05) is 37.7 Å². The van der Waals surface area contributed by atoms with E-state index in [1.807, 2.05) is 37.3 Å². The first-order chi connectivity index (χ1) is 9.11. The number of likely N-dealkylation sites (tertiary alicyclic amines) is 1. The summed E-state index contributed by atoms with van der Waals surface area (Å²) in [6, 6.07) is 10.1. The molecule has 0 aromatic heterocycles. The van der Waals surface area contributed by atoms with Gasteiger partial charge in [0.15, 0.2) is 0 Å². The Bertz CT molecular complexity index is 424. The van der Waals surface area contributed by atoms with Crippen LogP contribution in [0.4, 0.5) is 4.79 Å². The second kappa shape index (κ2) is 6.04. The van der Waals surface area contributed by atoms with Crippen molar-refractivity contribution in [1.82, 2.24) is 10.2 Å². The first kappa shape index (κ1) is 13.8. The number of amides is 1. The van der Waals surface area contributed by atoms with Crippen molar-refractivity contribution in [2.45, 2.75) is 19.0 Å². The topological polar surface area (TPSA) is 72.8 Å². The van der Waals surface area contributed by atoms with E-state index in [-0.39, 0.29) is 24.6 Å². The van der Waals surface area contributed by atoms with E-state index in [2.05, 4.69) is 5.32 Å². The van der Waals surface area contributed by atoms with E-state index in [0.29, 0.717) is 13.1 Å². The maximum absolute atomic E-state index is 11.0. The summed E-state index contributed by atoms with van der Waals surface area (Å²) in [5, 5.41) is 21.8. The van der Waals surface area contributed by atoms with Crippen molar-refractivity contribution in [3.05, 3.63) is 35.9 Å². The SMILES string of the molecule is CC(NC1CN(C(=O)O)CC1CO)c1ccccc1. The van der Waals surface area contributed by atoms with Crippen molar-refractivity contribution in [3.63, 3.8) is 0 Å². The third-order valence-corrected chi connectivity index (χ3v) is 3.71. The van der Waals surface area contributed by atoms with Crippen LogP contribution in [0, 0.1) is 5.92 Å². The molecule has 0 radical (unpaired) electrons. The fraction of sp³-hybridized carbons (Fsp3) is 0.500. The Labute approximate surface area is 112 Å². The van der Waals surface area contributed by atoms with Crippen LogP contribution >= 0.6 is 0 Å². The fourth-order valence-electron chi connectivity index (χ4n) is 2.56. The smallest absolute Gasteiger partial charge is 0.407 e. The zero-order chi connectivity index (χ0) is 13.8. The molecule has 3 atom stereocenters. The molecule has 1 aliphatic rings. The molecule has 5 heteroatoms. The number of nitrogens with one attached hydrogen (secondary N) is 1. The lowest BCUT2D eigenvalue weighted by atomic mass is 10.0. The number of carbonyl (C=O) groups is 1. The van der Waals surface area contributed by atoms with Crippen LogP contribution in [0.15, 0.2) is 30.3 Å². The molecule has 3 N–H and O–H groups in total. The Morgan fingerprint density at radius 3 is 2.68 bits per heavy atom. The first-order valence-electron chi connectivity index (χ1n) is 6.51. The van der Waals surface area contributed by atoms with Gasteiger partial charge < -0.3 is 20.4 Å². The number of rotatable bonds is 4. The van der Waals surface area contributed by atoms with Gasteiger partial charge in [0.1, 0.15) is 0 Å². The zero-order valence-corrected chi connectivity index (χ0v) is 11.0. The second-order valence-corrected chi connectivity index (χ2v) is 5.04. The second-order valence-electron chi connectivity index (χ2n) is 5.04. The Morgan fingerprint density at radius 1 is 1.42 bits per heavy atom. The van der Waals surface area contributed by atoms with Crippen LogP contribution in [0.2, 0.25) is 0 Å². The number of hydrogen-bond acceptors (Lipinski definition) is 3. The average Bonchev–Trinajstić information content (AvgIpc) is 2.83. The van der Waals surface area contributed by atoms with Crippen molar-refractivity contribution in [3.8, 4) is 0 Å². The Kier molecular flexibility index (Phi) is 4.39. The predicted molar refractivity (Wildman–Crippen MR) is 72.0 cm³/mol. The minimum Gasteiger partial charge on any atom is -0.465 e. The molecule has 0 spiro atoms. The molecule has 19 heavy (non-hydrogen) atoms. The molecule has 3 unspecified atom stereocenters. The molecular formula is C14H20N2O3. The summed E-state index contributed by atoms with van der Waals surface area (Å²) >= 11 is 0. The van der Waals surface area contributed by atoms with Crippen LogP contribution in [-0.4, -0.2) is 46.9 Å². The minimum atomic E-state index is -0.921. The highest BCUT2D eigenvalue weighted by molar-refractivity contribution is 5.65. The van der Waals surface area contributed by atoms with E-state index in [0.717, 1.165) is 5.56 Å². The quantitative estimate of drug-likeness (QED) is 0.766. The molecule has 2 rings (SSSR count). The normalized spacial score (nSPS) is 24.4. The zero-order valence-electron chi connectivity index (χ0n) is 11.0. The van der Waals surface area contributed by atoms with Gasteiger partial charge in [-0.1, -0.05) is 30.3 Å². The van der Waals surface area contributed by atoms with Crippen molar-refractivity contribution >= 4 is 6.09 Å². The molecular weight excluding hydrogens is 244 g/mol. The van der Waals surface area contributed by atoms with Crippen molar-refractivity contribution in [2.75, 3.05) is 19.7 Å². The lowest BCUT2D eigenvalue weighted by molar-refractivity contribution is 0.150. The highest BCUT2D eigenvalue weighted by Gasteiger charge is 2.35. The number of aliphatic hydroxyl groups excluding tert-OH is 1. The molecule has 1 amide bonds. The first-order valence-corrected chi connectivity index (χ1v) is 6.51. The van der Waals surface area contributed by atoms with E-state index in [1.54, 1.807) is 0 Å². The van der Waals surface area contributed by atoms with Gasteiger partial charge >= 0.3 is 6.09 Å². The van der Waals surface area contributed by atoms with Gasteiger partial charge in [0.25, 0.3) is 0 Å². The Hall–Kier alpha value is -1.59. The van der Waals surface area contributed by atoms with Gasteiger partial charge in [0.2, 0.25) is 0 Å². The molecule has 0 aliphatic carbocycles. The molecule has 5 nitrogen and oxygen atoms in total. The molecule has 1 fully saturated rings. The third-order valence-electron chi connectivity index (χ3n) is 3.71. The summed E-state index contributed by atoms with van der Waals surface area (Å²) in [6.45, 7) is 2.87. The molecule has 1 aliphatic heterocycles. The monoisotopic (exact) mass is 264 g/mol. The highest BCUT2D eigenvalue weighted by atomic mass is 16.4. The molecule has 104 valence electrons. The molecule has 1 heterocycles. The van der Waals surface area contributed by atoms with E-state index >= 15 is 0 Å². The number of nitrogens with zero attached hydrogens (tertiary/aromatic N) is 1. The summed E-state index contributed by atoms with van der Waals surface area (Å²) in [5.41, 5.74) is 1.16. The molecule has 1 saturated heterocycles. The molecule has 1 aromatic rings.